The van der Waals surface area contributed by atoms with Crippen LogP contribution in [0.5, 0.6) is 0 Å². The van der Waals surface area contributed by atoms with Crippen molar-refractivity contribution < 1.29 is 18.5 Å². The molecule has 0 radical (unpaired) electrons. The summed E-state index contributed by atoms with van der Waals surface area (Å²) < 4.78 is 19.8. The van der Waals surface area contributed by atoms with Gasteiger partial charge in [0.05, 0.1) is 6.61 Å². The van der Waals surface area contributed by atoms with Crippen LogP contribution in [0.25, 0.3) is 0 Å². The molecular formula is C8H20N2O4P+. The molecule has 0 atom stereocenters. The van der Waals surface area contributed by atoms with Crippen molar-refractivity contribution in [2.45, 2.75) is 19.8 Å². The van der Waals surface area contributed by atoms with Crippen molar-refractivity contribution in [1.29, 1.82) is 0 Å². The molecule has 0 aromatic carbocycles. The van der Waals surface area contributed by atoms with E-state index in [1.54, 1.807) is 0 Å². The van der Waals surface area contributed by atoms with Gasteiger partial charge in [0.2, 0.25) is 0 Å². The van der Waals surface area contributed by atoms with Gasteiger partial charge in [0.15, 0.2) is 0 Å². The lowest BCUT2D eigenvalue weighted by atomic mass is 10.3. The third kappa shape index (κ3) is 11.8. The van der Waals surface area contributed by atoms with Gasteiger partial charge in [0.1, 0.15) is 13.2 Å². The maximum atomic E-state index is 10.4. The Morgan fingerprint density at radius 1 is 1.40 bits per heavy atom. The van der Waals surface area contributed by atoms with Gasteiger partial charge in [-0.25, -0.2) is 5.48 Å². The molecule has 0 unspecified atom stereocenters. The molecule has 0 aromatic heterocycles. The van der Waals surface area contributed by atoms with Gasteiger partial charge in [-0.15, -0.1) is 9.05 Å². The zero-order valence-corrected chi connectivity index (χ0v) is 10.0. The molecule has 90 valence electrons. The fraction of sp³-hybridized carbons (Fsp3) is 1.00. The molecule has 0 amide bonds. The van der Waals surface area contributed by atoms with E-state index in [0.29, 0.717) is 26.4 Å². The standard InChI is InChI=1S/C4H12N2O.C4H8O3P/c1-2-7-6-4-3-5;5-8-6-3-1-2-4-7-8/h6H,2-5H2,1H3;1-4H2/q;+1. The van der Waals surface area contributed by atoms with Crippen molar-refractivity contribution in [2.24, 2.45) is 5.73 Å². The van der Waals surface area contributed by atoms with E-state index in [4.69, 9.17) is 10.6 Å². The van der Waals surface area contributed by atoms with Gasteiger partial charge in [-0.1, -0.05) is 0 Å². The number of hydrogen-bond acceptors (Lipinski definition) is 6. The van der Waals surface area contributed by atoms with Crippen LogP contribution < -0.4 is 11.2 Å². The molecule has 0 aliphatic carbocycles. The summed E-state index contributed by atoms with van der Waals surface area (Å²) in [6, 6.07) is 0. The highest BCUT2D eigenvalue weighted by atomic mass is 31.1. The second kappa shape index (κ2) is 12.0. The predicted molar refractivity (Wildman–Crippen MR) is 57.4 cm³/mol. The molecule has 7 heteroatoms. The molecule has 0 saturated carbocycles. The molecule has 1 aliphatic heterocycles. The second-order valence-corrected chi connectivity index (χ2v) is 3.68. The summed E-state index contributed by atoms with van der Waals surface area (Å²) >= 11 is 0. The van der Waals surface area contributed by atoms with Crippen LogP contribution in [0.2, 0.25) is 0 Å². The van der Waals surface area contributed by atoms with Crippen molar-refractivity contribution in [3.63, 3.8) is 0 Å². The number of hydrogen-bond donors (Lipinski definition) is 2. The first kappa shape index (κ1) is 14.9. The van der Waals surface area contributed by atoms with Crippen LogP contribution in [0.3, 0.4) is 0 Å². The van der Waals surface area contributed by atoms with Crippen LogP contribution in [-0.2, 0) is 18.5 Å². The lowest BCUT2D eigenvalue weighted by Gasteiger charge is -1.97. The molecule has 1 heterocycles. The van der Waals surface area contributed by atoms with E-state index in [0.717, 1.165) is 19.4 Å². The Kier molecular flexibility index (Phi) is 11.9. The SMILES string of the molecule is CCONCCN.O=[P+]1OCCCCO1. The first-order valence-corrected chi connectivity index (χ1v) is 6.18. The highest BCUT2D eigenvalue weighted by Crippen LogP contribution is 2.26. The summed E-state index contributed by atoms with van der Waals surface area (Å²) in [5, 5.41) is 0. The molecule has 1 aliphatic rings. The van der Waals surface area contributed by atoms with Crippen LogP contribution in [0.15, 0.2) is 0 Å². The highest BCUT2D eigenvalue weighted by molar-refractivity contribution is 7.33. The monoisotopic (exact) mass is 239 g/mol. The lowest BCUT2D eigenvalue weighted by molar-refractivity contribution is 0.0532. The molecule has 1 saturated heterocycles. The Morgan fingerprint density at radius 3 is 2.47 bits per heavy atom. The summed E-state index contributed by atoms with van der Waals surface area (Å²) in [4.78, 5) is 4.74. The van der Waals surface area contributed by atoms with Crippen LogP contribution in [0.4, 0.5) is 0 Å². The van der Waals surface area contributed by atoms with Gasteiger partial charge in [0.25, 0.3) is 0 Å². The van der Waals surface area contributed by atoms with E-state index in [9.17, 15) is 4.57 Å². The average molecular weight is 239 g/mol. The summed E-state index contributed by atoms with van der Waals surface area (Å²) in [6.07, 6.45) is 1.92. The minimum Gasteiger partial charge on any atom is -0.329 e. The fourth-order valence-corrected chi connectivity index (χ4v) is 1.38. The van der Waals surface area contributed by atoms with Crippen LogP contribution >= 0.6 is 8.25 Å². The van der Waals surface area contributed by atoms with Crippen LogP contribution in [0, 0.1) is 0 Å². The Labute approximate surface area is 91.4 Å². The fourth-order valence-electron chi connectivity index (χ4n) is 0.753. The predicted octanol–water partition coefficient (Wildman–Crippen LogP) is 0.957. The zero-order valence-electron chi connectivity index (χ0n) is 9.11. The maximum Gasteiger partial charge on any atom is 0.697 e. The Bertz CT molecular complexity index is 146. The van der Waals surface area contributed by atoms with Gasteiger partial charge < -0.3 is 10.6 Å². The van der Waals surface area contributed by atoms with Gasteiger partial charge in [0, 0.05) is 17.7 Å². The lowest BCUT2D eigenvalue weighted by Crippen LogP contribution is -2.22. The van der Waals surface area contributed by atoms with Gasteiger partial charge in [-0.2, -0.15) is 0 Å². The minimum absolute atomic E-state index is 0.579. The van der Waals surface area contributed by atoms with E-state index >= 15 is 0 Å². The van der Waals surface area contributed by atoms with Crippen molar-refractivity contribution in [3.05, 3.63) is 0 Å². The molecule has 15 heavy (non-hydrogen) atoms. The molecule has 1 fully saturated rings. The molecule has 0 aromatic rings. The Balaban J connectivity index is 0.000000265. The summed E-state index contributed by atoms with van der Waals surface area (Å²) in [5.41, 5.74) is 7.79. The molecular weight excluding hydrogens is 219 g/mol. The first-order valence-electron chi connectivity index (χ1n) is 5.09. The number of nitrogens with one attached hydrogen (secondary N) is 1. The van der Waals surface area contributed by atoms with E-state index < -0.39 is 8.25 Å². The minimum atomic E-state index is -1.77. The third-order valence-corrected chi connectivity index (χ3v) is 2.21. The van der Waals surface area contributed by atoms with Crippen molar-refractivity contribution in [3.8, 4) is 0 Å². The van der Waals surface area contributed by atoms with Crippen molar-refractivity contribution >= 4 is 8.25 Å². The molecule has 0 bridgehead atoms. The summed E-state index contributed by atoms with van der Waals surface area (Å²) in [5.74, 6) is 0. The van der Waals surface area contributed by atoms with Gasteiger partial charge in [-0.3, -0.25) is 0 Å². The average Bonchev–Trinajstić information content (AvgIpc) is 2.48. The smallest absolute Gasteiger partial charge is 0.329 e. The largest absolute Gasteiger partial charge is 0.697 e. The van der Waals surface area contributed by atoms with Crippen LogP contribution in [0.1, 0.15) is 19.8 Å². The molecule has 6 nitrogen and oxygen atoms in total. The van der Waals surface area contributed by atoms with Crippen molar-refractivity contribution in [1.82, 2.24) is 5.48 Å². The molecule has 3 N–H and O–H groups in total. The van der Waals surface area contributed by atoms with Gasteiger partial charge >= 0.3 is 8.25 Å². The number of hydroxylamine groups is 1. The summed E-state index contributed by atoms with van der Waals surface area (Å²) in [6.45, 7) is 5.13. The van der Waals surface area contributed by atoms with Crippen LogP contribution in [-0.4, -0.2) is 32.9 Å². The molecule has 0 spiro atoms. The molecule has 1 rings (SSSR count). The van der Waals surface area contributed by atoms with Crippen molar-refractivity contribution in [2.75, 3.05) is 32.9 Å². The van der Waals surface area contributed by atoms with E-state index in [2.05, 4.69) is 14.5 Å². The Hall–Kier alpha value is -0.100. The number of nitrogens with two attached hydrogens (primary N) is 1. The van der Waals surface area contributed by atoms with E-state index in [-0.39, 0.29) is 0 Å². The first-order chi connectivity index (χ1) is 7.31. The third-order valence-electron chi connectivity index (χ3n) is 1.42. The highest BCUT2D eigenvalue weighted by Gasteiger charge is 2.21. The quantitative estimate of drug-likeness (QED) is 0.432. The topological polar surface area (TPSA) is 82.8 Å². The summed E-state index contributed by atoms with van der Waals surface area (Å²) in [7, 11) is -1.77. The normalized spacial score (nSPS) is 16.5. The second-order valence-electron chi connectivity index (χ2n) is 2.71. The zero-order chi connectivity index (χ0) is 11.4. The van der Waals surface area contributed by atoms with E-state index in [1.165, 1.54) is 0 Å². The van der Waals surface area contributed by atoms with Gasteiger partial charge in [-0.05, 0) is 19.8 Å². The number of rotatable bonds is 4. The maximum absolute atomic E-state index is 10.4. The Morgan fingerprint density at radius 2 is 2.00 bits per heavy atom. The van der Waals surface area contributed by atoms with E-state index in [1.807, 2.05) is 6.92 Å².